The van der Waals surface area contributed by atoms with Crippen LogP contribution in [0.1, 0.15) is 63.8 Å². The number of esters is 1. The summed E-state index contributed by atoms with van der Waals surface area (Å²) in [4.78, 5) is 25.8. The third-order valence-electron chi connectivity index (χ3n) is 7.87. The van der Waals surface area contributed by atoms with Crippen LogP contribution >= 0.6 is 23.2 Å². The van der Waals surface area contributed by atoms with Gasteiger partial charge in [-0.05, 0) is 63.3 Å². The number of aromatic nitrogens is 2. The minimum Gasteiger partial charge on any atom is -0.467 e. The van der Waals surface area contributed by atoms with Crippen LogP contribution in [-0.2, 0) is 9.53 Å². The van der Waals surface area contributed by atoms with Crippen molar-refractivity contribution in [2.75, 3.05) is 37.0 Å². The highest BCUT2D eigenvalue weighted by Crippen LogP contribution is 2.34. The van der Waals surface area contributed by atoms with Crippen molar-refractivity contribution in [3.05, 3.63) is 45.7 Å². The third kappa shape index (κ3) is 6.81. The fourth-order valence-electron chi connectivity index (χ4n) is 5.89. The third-order valence-corrected chi connectivity index (χ3v) is 8.43. The van der Waals surface area contributed by atoms with Gasteiger partial charge in [0.1, 0.15) is 11.5 Å². The van der Waals surface area contributed by atoms with Gasteiger partial charge in [-0.15, -0.1) is 0 Å². The summed E-state index contributed by atoms with van der Waals surface area (Å²) in [6.45, 7) is 8.36. The van der Waals surface area contributed by atoms with Crippen LogP contribution in [0.25, 0.3) is 0 Å². The average molecular weight is 580 g/mol. The van der Waals surface area contributed by atoms with E-state index < -0.39 is 12.1 Å². The maximum Gasteiger partial charge on any atom is 0.340 e. The van der Waals surface area contributed by atoms with E-state index in [1.54, 1.807) is 25.3 Å². The lowest BCUT2D eigenvalue weighted by atomic mass is 9.91. The van der Waals surface area contributed by atoms with Gasteiger partial charge in [-0.3, -0.25) is 4.90 Å². The Hall–Kier alpha value is -2.49. The number of nitrogens with one attached hydrogen (secondary N) is 2. The summed E-state index contributed by atoms with van der Waals surface area (Å²) in [7, 11) is 1.23. The number of ether oxygens (including phenoxy) is 1. The van der Waals surface area contributed by atoms with E-state index in [1.807, 2.05) is 13.0 Å². The Morgan fingerprint density at radius 1 is 1.31 bits per heavy atom. The van der Waals surface area contributed by atoms with Crippen LogP contribution in [0.15, 0.2) is 24.4 Å². The normalized spacial score (nSPS) is 23.4. The van der Waals surface area contributed by atoms with Crippen molar-refractivity contribution in [1.29, 1.82) is 5.41 Å². The Labute approximate surface area is 239 Å². The summed E-state index contributed by atoms with van der Waals surface area (Å²) in [5.41, 5.74) is 1.68. The molecule has 2 aliphatic heterocycles. The molecule has 2 aromatic rings. The van der Waals surface area contributed by atoms with E-state index >= 15 is 0 Å². The highest BCUT2D eigenvalue weighted by molar-refractivity contribution is 6.35. The van der Waals surface area contributed by atoms with Gasteiger partial charge >= 0.3 is 5.97 Å². The SMILES string of the molecule is COC(=O)C(F)C[C@@H]1CCCN1C1CCN(c2cnc(C(C)=N)c(N[C@H](C)c3ccc(Cl)cc3Cl)n2)CC1C. The number of halogens is 3. The summed E-state index contributed by atoms with van der Waals surface area (Å²) < 4.78 is 19.0. The molecular formula is C28H37Cl2FN6O2. The molecule has 5 atom stereocenters. The molecule has 39 heavy (non-hydrogen) atoms. The fourth-order valence-corrected chi connectivity index (χ4v) is 6.46. The van der Waals surface area contributed by atoms with Crippen molar-refractivity contribution in [3.63, 3.8) is 0 Å². The van der Waals surface area contributed by atoms with Gasteiger partial charge in [0.15, 0.2) is 12.0 Å². The van der Waals surface area contributed by atoms with Gasteiger partial charge in [0.25, 0.3) is 0 Å². The van der Waals surface area contributed by atoms with Gasteiger partial charge in [-0.25, -0.2) is 19.2 Å². The molecule has 8 nitrogen and oxygen atoms in total. The number of rotatable bonds is 9. The van der Waals surface area contributed by atoms with Crippen LogP contribution in [0.3, 0.4) is 0 Å². The molecule has 2 aliphatic rings. The highest BCUT2D eigenvalue weighted by atomic mass is 35.5. The number of hydrogen-bond donors (Lipinski definition) is 2. The molecule has 1 aromatic heterocycles. The predicted octanol–water partition coefficient (Wildman–Crippen LogP) is 5.92. The van der Waals surface area contributed by atoms with E-state index in [4.69, 9.17) is 33.6 Å². The molecule has 2 fully saturated rings. The zero-order chi connectivity index (χ0) is 28.3. The Morgan fingerprint density at radius 2 is 2.08 bits per heavy atom. The number of nitrogens with zero attached hydrogens (tertiary/aromatic N) is 4. The number of hydrogen-bond acceptors (Lipinski definition) is 8. The van der Waals surface area contributed by atoms with Crippen LogP contribution in [0.5, 0.6) is 0 Å². The van der Waals surface area contributed by atoms with Crippen LogP contribution in [-0.4, -0.2) is 71.5 Å². The Morgan fingerprint density at radius 3 is 2.74 bits per heavy atom. The first kappa shape index (κ1) is 29.5. The fraction of sp³-hybridized carbons (Fsp3) is 0.571. The van der Waals surface area contributed by atoms with Crippen LogP contribution in [0.2, 0.25) is 10.0 Å². The first-order valence-electron chi connectivity index (χ1n) is 13.5. The number of piperidine rings is 1. The largest absolute Gasteiger partial charge is 0.467 e. The molecule has 3 unspecified atom stereocenters. The molecule has 4 rings (SSSR count). The first-order chi connectivity index (χ1) is 18.6. The number of anilines is 2. The quantitative estimate of drug-likeness (QED) is 0.281. The Bertz CT molecular complexity index is 1200. The molecule has 2 saturated heterocycles. The van der Waals surface area contributed by atoms with Crippen LogP contribution in [0.4, 0.5) is 16.0 Å². The minimum atomic E-state index is -1.59. The van der Waals surface area contributed by atoms with E-state index in [0.717, 1.165) is 50.3 Å². The number of carbonyl (C=O) groups excluding carboxylic acids is 1. The van der Waals surface area contributed by atoms with Crippen molar-refractivity contribution >= 4 is 46.5 Å². The molecule has 2 N–H and O–H groups in total. The second kappa shape index (κ2) is 12.8. The molecule has 11 heteroatoms. The van der Waals surface area contributed by atoms with Crippen LogP contribution in [0, 0.1) is 11.3 Å². The van der Waals surface area contributed by atoms with Gasteiger partial charge in [-0.1, -0.05) is 36.2 Å². The van der Waals surface area contributed by atoms with Gasteiger partial charge < -0.3 is 20.4 Å². The number of benzene rings is 1. The smallest absolute Gasteiger partial charge is 0.340 e. The molecule has 0 radical (unpaired) electrons. The lowest BCUT2D eigenvalue weighted by molar-refractivity contribution is -0.147. The van der Waals surface area contributed by atoms with E-state index in [2.05, 4.69) is 31.8 Å². The van der Waals surface area contributed by atoms with Gasteiger partial charge in [0.2, 0.25) is 0 Å². The lowest BCUT2D eigenvalue weighted by Gasteiger charge is -2.44. The minimum absolute atomic E-state index is 0.0460. The number of alkyl halides is 1. The topological polar surface area (TPSA) is 94.4 Å². The zero-order valence-electron chi connectivity index (χ0n) is 22.9. The van der Waals surface area contributed by atoms with Gasteiger partial charge in [0.05, 0.1) is 25.1 Å². The highest BCUT2D eigenvalue weighted by Gasteiger charge is 2.39. The van der Waals surface area contributed by atoms with Gasteiger partial charge in [0, 0.05) is 41.6 Å². The van der Waals surface area contributed by atoms with Crippen molar-refractivity contribution in [2.45, 2.75) is 70.8 Å². The number of methoxy groups -OCH3 is 1. The second-order valence-electron chi connectivity index (χ2n) is 10.6. The maximum atomic E-state index is 14.4. The standard InChI is InChI=1S/C28H37Cl2FN6O2/c1-16-15-36(11-9-24(16)37-10-5-6-20(37)13-23(31)28(38)39-4)25-14-33-26(17(2)32)27(35-25)34-18(3)21-8-7-19(29)12-22(21)30/h7-8,12,14,16,18,20,23-24,32H,5-6,9-11,13,15H2,1-4H3,(H,34,35)/t16?,18-,20+,23?,24?/m1/s1. The van der Waals surface area contributed by atoms with Gasteiger partial charge in [-0.2, -0.15) is 0 Å². The van der Waals surface area contributed by atoms with E-state index in [0.29, 0.717) is 39.2 Å². The predicted molar refractivity (Wildman–Crippen MR) is 154 cm³/mol. The van der Waals surface area contributed by atoms with Crippen LogP contribution < -0.4 is 10.2 Å². The molecular weight excluding hydrogens is 542 g/mol. The summed E-state index contributed by atoms with van der Waals surface area (Å²) in [6.07, 6.45) is 3.13. The molecule has 0 bridgehead atoms. The number of carbonyl (C=O) groups is 1. The summed E-state index contributed by atoms with van der Waals surface area (Å²) >= 11 is 12.5. The lowest BCUT2D eigenvalue weighted by Crippen LogP contribution is -2.52. The average Bonchev–Trinajstić information content (AvgIpc) is 3.35. The Kier molecular flexibility index (Phi) is 9.67. The summed E-state index contributed by atoms with van der Waals surface area (Å²) in [5, 5.41) is 12.7. The maximum absolute atomic E-state index is 14.4. The zero-order valence-corrected chi connectivity index (χ0v) is 24.4. The van der Waals surface area contributed by atoms with E-state index in [9.17, 15) is 9.18 Å². The molecule has 0 amide bonds. The molecule has 3 heterocycles. The molecule has 212 valence electrons. The molecule has 0 saturated carbocycles. The Balaban J connectivity index is 1.47. The monoisotopic (exact) mass is 578 g/mol. The van der Waals surface area contributed by atoms with E-state index in [-0.39, 0.29) is 18.5 Å². The first-order valence-corrected chi connectivity index (χ1v) is 14.2. The molecule has 0 spiro atoms. The van der Waals surface area contributed by atoms with E-state index in [1.165, 1.54) is 7.11 Å². The van der Waals surface area contributed by atoms with Crippen molar-refractivity contribution in [1.82, 2.24) is 14.9 Å². The summed E-state index contributed by atoms with van der Waals surface area (Å²) in [5.74, 6) is 0.799. The second-order valence-corrected chi connectivity index (χ2v) is 11.5. The van der Waals surface area contributed by atoms with Crippen molar-refractivity contribution in [3.8, 4) is 0 Å². The van der Waals surface area contributed by atoms with Crippen molar-refractivity contribution < 1.29 is 13.9 Å². The van der Waals surface area contributed by atoms with Crippen molar-refractivity contribution in [2.24, 2.45) is 5.92 Å². The number of likely N-dealkylation sites (tertiary alicyclic amines) is 1. The molecule has 1 aromatic carbocycles. The summed E-state index contributed by atoms with van der Waals surface area (Å²) in [6, 6.07) is 5.56. The molecule has 0 aliphatic carbocycles.